The van der Waals surface area contributed by atoms with Gasteiger partial charge in [0, 0.05) is 24.7 Å². The van der Waals surface area contributed by atoms with Gasteiger partial charge in [-0.2, -0.15) is 24.1 Å². The van der Waals surface area contributed by atoms with Gasteiger partial charge in [0.25, 0.3) is 0 Å². The van der Waals surface area contributed by atoms with Crippen LogP contribution in [0, 0.1) is 0 Å². The van der Waals surface area contributed by atoms with E-state index in [4.69, 9.17) is 0 Å². The first-order valence-electron chi connectivity index (χ1n) is 8.30. The largest absolute Gasteiger partial charge is 0.435 e. The van der Waals surface area contributed by atoms with Crippen LogP contribution in [0.2, 0.25) is 0 Å². The molecule has 2 heterocycles. The number of ether oxygens (including phenoxy) is 1. The van der Waals surface area contributed by atoms with Gasteiger partial charge in [0.2, 0.25) is 0 Å². The number of aromatic nitrogens is 2. The van der Waals surface area contributed by atoms with Gasteiger partial charge in [-0.3, -0.25) is 9.97 Å². The first kappa shape index (κ1) is 19.1. The molecule has 0 bridgehead atoms. The van der Waals surface area contributed by atoms with E-state index < -0.39 is 6.61 Å². The summed E-state index contributed by atoms with van der Waals surface area (Å²) >= 11 is 0. The van der Waals surface area contributed by atoms with E-state index in [9.17, 15) is 8.78 Å². The molecule has 0 aliphatic heterocycles. The summed E-state index contributed by atoms with van der Waals surface area (Å²) in [6.07, 6.45) is 4.87. The third kappa shape index (κ3) is 4.73. The number of hydrazone groups is 2. The quantitative estimate of drug-likeness (QED) is 0.444. The molecule has 0 saturated heterocycles. The summed E-state index contributed by atoms with van der Waals surface area (Å²) in [6.45, 7) is 2.47. The Morgan fingerprint density at radius 1 is 1.11 bits per heavy atom. The molecule has 142 valence electrons. The van der Waals surface area contributed by atoms with Crippen molar-refractivity contribution in [1.82, 2.24) is 9.97 Å². The zero-order valence-electron chi connectivity index (χ0n) is 15.0. The average molecular weight is 381 g/mol. The SMILES string of the molecule is C=NN(/N=C(\C)c1ccccn1)c1cncc(-c2cccc(OC(F)F)c2)c1. The number of benzene rings is 1. The van der Waals surface area contributed by atoms with Crippen LogP contribution in [-0.2, 0) is 0 Å². The maximum Gasteiger partial charge on any atom is 0.387 e. The molecule has 0 saturated carbocycles. The molecule has 28 heavy (non-hydrogen) atoms. The number of hydrogen-bond donors (Lipinski definition) is 0. The molecule has 0 amide bonds. The summed E-state index contributed by atoms with van der Waals surface area (Å²) in [7, 11) is 0. The van der Waals surface area contributed by atoms with E-state index in [1.807, 2.05) is 25.1 Å². The fraction of sp³-hybridized carbons (Fsp3) is 0.100. The maximum absolute atomic E-state index is 12.5. The number of nitrogens with zero attached hydrogens (tertiary/aromatic N) is 5. The van der Waals surface area contributed by atoms with Crippen LogP contribution < -0.4 is 9.85 Å². The molecule has 0 spiro atoms. The van der Waals surface area contributed by atoms with Gasteiger partial charge in [-0.25, -0.2) is 0 Å². The van der Waals surface area contributed by atoms with Crippen molar-refractivity contribution >= 4 is 18.1 Å². The third-order valence-corrected chi connectivity index (χ3v) is 3.76. The standard InChI is InChI=1S/C20H17F2N5O/c1-14(19-8-3-4-9-25-19)26-27(23-2)17-10-16(12-24-13-17)15-6-5-7-18(11-15)28-20(21)22/h3-13,20H,2H2,1H3/b26-14+. The Labute approximate surface area is 160 Å². The summed E-state index contributed by atoms with van der Waals surface area (Å²) in [6, 6.07) is 13.7. The van der Waals surface area contributed by atoms with Gasteiger partial charge >= 0.3 is 6.61 Å². The summed E-state index contributed by atoms with van der Waals surface area (Å²) in [5, 5.41) is 9.67. The van der Waals surface area contributed by atoms with E-state index in [0.717, 1.165) is 0 Å². The second kappa shape index (κ2) is 8.81. The van der Waals surface area contributed by atoms with Crippen LogP contribution in [0.3, 0.4) is 0 Å². The Morgan fingerprint density at radius 2 is 1.96 bits per heavy atom. The van der Waals surface area contributed by atoms with Crippen molar-refractivity contribution < 1.29 is 13.5 Å². The first-order chi connectivity index (χ1) is 13.6. The molecule has 1 aromatic carbocycles. The van der Waals surface area contributed by atoms with Crippen molar-refractivity contribution in [3.8, 4) is 16.9 Å². The lowest BCUT2D eigenvalue weighted by Crippen LogP contribution is -2.12. The van der Waals surface area contributed by atoms with Crippen LogP contribution in [0.15, 0.2) is 77.3 Å². The van der Waals surface area contributed by atoms with E-state index in [-0.39, 0.29) is 5.75 Å². The molecular weight excluding hydrogens is 364 g/mol. The van der Waals surface area contributed by atoms with Crippen LogP contribution >= 0.6 is 0 Å². The van der Waals surface area contributed by atoms with E-state index in [1.54, 1.807) is 36.8 Å². The second-order valence-corrected chi connectivity index (χ2v) is 5.67. The summed E-state index contributed by atoms with van der Waals surface area (Å²) in [5.74, 6) is 0.0700. The Kier molecular flexibility index (Phi) is 6.01. The number of anilines is 1. The third-order valence-electron chi connectivity index (χ3n) is 3.76. The van der Waals surface area contributed by atoms with E-state index in [0.29, 0.717) is 28.2 Å². The lowest BCUT2D eigenvalue weighted by atomic mass is 10.1. The number of hydrogen-bond acceptors (Lipinski definition) is 6. The minimum atomic E-state index is -2.89. The van der Waals surface area contributed by atoms with E-state index in [1.165, 1.54) is 17.3 Å². The lowest BCUT2D eigenvalue weighted by Gasteiger charge is -2.14. The Bertz CT molecular complexity index is 979. The van der Waals surface area contributed by atoms with Crippen molar-refractivity contribution in [2.75, 3.05) is 5.12 Å². The molecule has 0 atom stereocenters. The summed E-state index contributed by atoms with van der Waals surface area (Å²) in [5.41, 5.74) is 3.27. The number of halogens is 2. The monoisotopic (exact) mass is 381 g/mol. The zero-order chi connectivity index (χ0) is 19.9. The predicted octanol–water partition coefficient (Wildman–Crippen LogP) is 4.59. The smallest absolute Gasteiger partial charge is 0.387 e. The highest BCUT2D eigenvalue weighted by Gasteiger charge is 2.10. The molecule has 0 aliphatic carbocycles. The predicted molar refractivity (Wildman–Crippen MR) is 105 cm³/mol. The van der Waals surface area contributed by atoms with Crippen LogP contribution in [0.25, 0.3) is 11.1 Å². The molecule has 6 nitrogen and oxygen atoms in total. The number of alkyl halides is 2. The molecular formula is C20H17F2N5O. The zero-order valence-corrected chi connectivity index (χ0v) is 15.0. The molecule has 0 unspecified atom stereocenters. The normalized spacial score (nSPS) is 11.4. The van der Waals surface area contributed by atoms with Crippen molar-refractivity contribution in [2.24, 2.45) is 10.2 Å². The maximum atomic E-state index is 12.5. The molecule has 8 heteroatoms. The Hall–Kier alpha value is -3.68. The van der Waals surface area contributed by atoms with Crippen LogP contribution in [0.4, 0.5) is 14.5 Å². The van der Waals surface area contributed by atoms with Crippen LogP contribution in [0.1, 0.15) is 12.6 Å². The molecule has 3 aromatic rings. The topological polar surface area (TPSA) is 63.0 Å². The van der Waals surface area contributed by atoms with Gasteiger partial charge in [-0.1, -0.05) is 18.2 Å². The molecule has 0 N–H and O–H groups in total. The first-order valence-corrected chi connectivity index (χ1v) is 8.30. The van der Waals surface area contributed by atoms with Gasteiger partial charge in [0.15, 0.2) is 0 Å². The van der Waals surface area contributed by atoms with E-state index in [2.05, 4.69) is 31.6 Å². The van der Waals surface area contributed by atoms with Crippen LogP contribution in [-0.4, -0.2) is 29.0 Å². The minimum absolute atomic E-state index is 0.0700. The molecule has 0 radical (unpaired) electrons. The fourth-order valence-electron chi connectivity index (χ4n) is 2.49. The van der Waals surface area contributed by atoms with Gasteiger partial charge in [-0.15, -0.1) is 0 Å². The minimum Gasteiger partial charge on any atom is -0.435 e. The van der Waals surface area contributed by atoms with Crippen molar-refractivity contribution in [2.45, 2.75) is 13.5 Å². The molecule has 3 rings (SSSR count). The highest BCUT2D eigenvalue weighted by atomic mass is 19.3. The summed E-state index contributed by atoms with van der Waals surface area (Å²) in [4.78, 5) is 8.45. The summed E-state index contributed by atoms with van der Waals surface area (Å²) < 4.78 is 29.4. The number of rotatable bonds is 7. The van der Waals surface area contributed by atoms with Gasteiger partial charge < -0.3 is 4.74 Å². The molecule has 0 aliphatic rings. The Balaban J connectivity index is 1.90. The van der Waals surface area contributed by atoms with Gasteiger partial charge in [0.1, 0.15) is 11.4 Å². The van der Waals surface area contributed by atoms with Crippen molar-refractivity contribution in [1.29, 1.82) is 0 Å². The highest BCUT2D eigenvalue weighted by molar-refractivity contribution is 5.97. The highest BCUT2D eigenvalue weighted by Crippen LogP contribution is 2.27. The van der Waals surface area contributed by atoms with E-state index >= 15 is 0 Å². The lowest BCUT2D eigenvalue weighted by molar-refractivity contribution is -0.0498. The fourth-order valence-corrected chi connectivity index (χ4v) is 2.49. The number of pyridine rings is 2. The molecule has 2 aromatic heterocycles. The van der Waals surface area contributed by atoms with Crippen molar-refractivity contribution in [3.05, 3.63) is 72.8 Å². The van der Waals surface area contributed by atoms with Crippen LogP contribution in [0.5, 0.6) is 5.75 Å². The Morgan fingerprint density at radius 3 is 2.68 bits per heavy atom. The van der Waals surface area contributed by atoms with Gasteiger partial charge in [-0.05, 0) is 42.8 Å². The molecule has 0 fully saturated rings. The second-order valence-electron chi connectivity index (χ2n) is 5.67. The average Bonchev–Trinajstić information content (AvgIpc) is 2.72. The van der Waals surface area contributed by atoms with Crippen molar-refractivity contribution in [3.63, 3.8) is 0 Å². The van der Waals surface area contributed by atoms with Gasteiger partial charge in [0.05, 0.1) is 17.6 Å².